The fourth-order valence-electron chi connectivity index (χ4n) is 2.75. The second-order valence-corrected chi connectivity index (χ2v) is 7.19. The van der Waals surface area contributed by atoms with Gasteiger partial charge in [-0.15, -0.1) is 11.3 Å². The zero-order valence-corrected chi connectivity index (χ0v) is 16.5. The summed E-state index contributed by atoms with van der Waals surface area (Å²) in [7, 11) is 1.57. The van der Waals surface area contributed by atoms with Crippen molar-refractivity contribution >= 4 is 33.3 Å². The summed E-state index contributed by atoms with van der Waals surface area (Å²) in [5.41, 5.74) is 7.76. The maximum Gasteiger partial charge on any atom is 0.345 e. The molecule has 2 aromatic heterocycles. The van der Waals surface area contributed by atoms with Crippen molar-refractivity contribution in [2.45, 2.75) is 6.92 Å². The van der Waals surface area contributed by atoms with Crippen molar-refractivity contribution in [3.05, 3.63) is 75.5 Å². The maximum absolute atomic E-state index is 12.4. The fourth-order valence-corrected chi connectivity index (χ4v) is 3.41. The average molecular weight is 407 g/mol. The molecule has 0 aliphatic rings. The summed E-state index contributed by atoms with van der Waals surface area (Å²) in [6, 6.07) is 14.1. The Bertz CT molecular complexity index is 1250. The first-order valence-corrected chi connectivity index (χ1v) is 9.62. The summed E-state index contributed by atoms with van der Waals surface area (Å²) in [6.07, 6.45) is 0. The molecular weight excluding hydrogens is 390 g/mol. The number of fused-ring (bicyclic) bond motifs is 1. The molecular formula is C21H17N3O4S. The Morgan fingerprint density at radius 1 is 1.14 bits per heavy atom. The van der Waals surface area contributed by atoms with E-state index in [4.69, 9.17) is 9.15 Å². The van der Waals surface area contributed by atoms with Crippen LogP contribution >= 0.6 is 11.3 Å². The van der Waals surface area contributed by atoms with Crippen molar-refractivity contribution in [2.24, 2.45) is 0 Å². The van der Waals surface area contributed by atoms with Gasteiger partial charge in [0.15, 0.2) is 0 Å². The molecule has 0 atom stereocenters. The molecule has 0 fully saturated rings. The highest BCUT2D eigenvalue weighted by Crippen LogP contribution is 2.26. The molecule has 8 heteroatoms. The molecule has 29 heavy (non-hydrogen) atoms. The number of anilines is 1. The van der Waals surface area contributed by atoms with Crippen LogP contribution in [0.15, 0.2) is 63.1 Å². The lowest BCUT2D eigenvalue weighted by atomic mass is 10.1. The fraction of sp³-hybridized carbons (Fsp3) is 0.0952. The SMILES string of the molecule is COc1ccc2oc(=O)c(-c3csc(NNC(=O)c4ccc(C)cc4)n3)cc2c1. The van der Waals surface area contributed by atoms with E-state index in [1.807, 2.05) is 19.1 Å². The molecule has 0 aliphatic carbocycles. The summed E-state index contributed by atoms with van der Waals surface area (Å²) >= 11 is 1.26. The molecule has 7 nitrogen and oxygen atoms in total. The van der Waals surface area contributed by atoms with Crippen LogP contribution in [-0.2, 0) is 0 Å². The summed E-state index contributed by atoms with van der Waals surface area (Å²) < 4.78 is 10.6. The number of thiazole rings is 1. The normalized spacial score (nSPS) is 10.7. The van der Waals surface area contributed by atoms with Gasteiger partial charge in [-0.1, -0.05) is 17.7 Å². The summed E-state index contributed by atoms with van der Waals surface area (Å²) in [5.74, 6) is 0.385. The Morgan fingerprint density at radius 3 is 2.69 bits per heavy atom. The number of nitrogens with zero attached hydrogens (tertiary/aromatic N) is 1. The Balaban J connectivity index is 1.54. The number of rotatable bonds is 5. The van der Waals surface area contributed by atoms with Crippen LogP contribution in [0.4, 0.5) is 5.13 Å². The Kier molecular flexibility index (Phi) is 5.01. The summed E-state index contributed by atoms with van der Waals surface area (Å²) in [6.45, 7) is 1.95. The highest BCUT2D eigenvalue weighted by Gasteiger charge is 2.13. The number of amides is 1. The van der Waals surface area contributed by atoms with Crippen LogP contribution in [-0.4, -0.2) is 18.0 Å². The second kappa shape index (κ2) is 7.76. The number of benzene rings is 2. The van der Waals surface area contributed by atoms with Crippen LogP contribution in [0.25, 0.3) is 22.2 Å². The van der Waals surface area contributed by atoms with Gasteiger partial charge in [0.1, 0.15) is 11.3 Å². The minimum atomic E-state index is -0.483. The van der Waals surface area contributed by atoms with Gasteiger partial charge in [0.2, 0.25) is 5.13 Å². The Morgan fingerprint density at radius 2 is 1.93 bits per heavy atom. The molecule has 2 aromatic carbocycles. The third kappa shape index (κ3) is 3.97. The number of methoxy groups -OCH3 is 1. The lowest BCUT2D eigenvalue weighted by Crippen LogP contribution is -2.29. The number of nitrogens with one attached hydrogen (secondary N) is 2. The minimum Gasteiger partial charge on any atom is -0.497 e. The van der Waals surface area contributed by atoms with Gasteiger partial charge in [-0.05, 0) is 43.3 Å². The largest absolute Gasteiger partial charge is 0.497 e. The zero-order valence-electron chi connectivity index (χ0n) is 15.7. The van der Waals surface area contributed by atoms with Gasteiger partial charge >= 0.3 is 5.63 Å². The second-order valence-electron chi connectivity index (χ2n) is 6.33. The minimum absolute atomic E-state index is 0.279. The van der Waals surface area contributed by atoms with Gasteiger partial charge in [-0.25, -0.2) is 9.78 Å². The van der Waals surface area contributed by atoms with Crippen molar-refractivity contribution in [3.8, 4) is 17.0 Å². The van der Waals surface area contributed by atoms with Gasteiger partial charge in [0.05, 0.1) is 18.4 Å². The van der Waals surface area contributed by atoms with Crippen LogP contribution in [0.2, 0.25) is 0 Å². The number of hydrogen-bond acceptors (Lipinski definition) is 7. The van der Waals surface area contributed by atoms with Gasteiger partial charge in [-0.2, -0.15) is 0 Å². The van der Waals surface area contributed by atoms with E-state index in [1.165, 1.54) is 11.3 Å². The monoisotopic (exact) mass is 407 g/mol. The lowest BCUT2D eigenvalue weighted by Gasteiger charge is -2.05. The number of carbonyl (C=O) groups is 1. The predicted octanol–water partition coefficient (Wildman–Crippen LogP) is 3.99. The third-order valence-corrected chi connectivity index (χ3v) is 5.07. The quantitative estimate of drug-likeness (QED) is 0.384. The first-order valence-electron chi connectivity index (χ1n) is 8.74. The van der Waals surface area contributed by atoms with Crippen LogP contribution < -0.4 is 21.2 Å². The molecule has 2 N–H and O–H groups in total. The Labute approximate surface area is 169 Å². The van der Waals surface area contributed by atoms with E-state index in [0.29, 0.717) is 33.3 Å². The van der Waals surface area contributed by atoms with Crippen LogP contribution in [0.3, 0.4) is 0 Å². The first-order chi connectivity index (χ1) is 14.0. The maximum atomic E-state index is 12.4. The van der Waals surface area contributed by atoms with E-state index in [1.54, 1.807) is 48.9 Å². The Hall–Kier alpha value is -3.65. The number of carbonyl (C=O) groups excluding carboxylic acids is 1. The zero-order chi connectivity index (χ0) is 20.4. The first kappa shape index (κ1) is 18.7. The molecule has 0 aliphatic heterocycles. The number of aryl methyl sites for hydroxylation is 1. The number of ether oxygens (including phenoxy) is 1. The molecule has 4 aromatic rings. The van der Waals surface area contributed by atoms with E-state index in [0.717, 1.165) is 10.9 Å². The van der Waals surface area contributed by atoms with E-state index in [2.05, 4.69) is 15.8 Å². The highest BCUT2D eigenvalue weighted by atomic mass is 32.1. The smallest absolute Gasteiger partial charge is 0.345 e. The molecule has 0 saturated heterocycles. The molecule has 1 amide bonds. The molecule has 0 radical (unpaired) electrons. The van der Waals surface area contributed by atoms with E-state index in [9.17, 15) is 9.59 Å². The van der Waals surface area contributed by atoms with Crippen molar-refractivity contribution in [2.75, 3.05) is 12.5 Å². The van der Waals surface area contributed by atoms with Crippen molar-refractivity contribution < 1.29 is 13.9 Å². The number of hydrogen-bond donors (Lipinski definition) is 2. The van der Waals surface area contributed by atoms with Gasteiger partial charge in [0, 0.05) is 16.3 Å². The molecule has 0 bridgehead atoms. The molecule has 0 spiro atoms. The summed E-state index contributed by atoms with van der Waals surface area (Å²) in [4.78, 5) is 28.9. The van der Waals surface area contributed by atoms with Crippen molar-refractivity contribution in [1.82, 2.24) is 10.4 Å². The standard InChI is InChI=1S/C21H17N3O4S/c1-12-3-5-13(6-4-12)19(25)23-24-21-22-17(11-29-21)16-10-14-9-15(27-2)7-8-18(14)28-20(16)26/h3-11H,1-2H3,(H,22,24)(H,23,25). The number of aromatic nitrogens is 1. The van der Waals surface area contributed by atoms with E-state index >= 15 is 0 Å². The lowest BCUT2D eigenvalue weighted by molar-refractivity contribution is 0.0962. The van der Waals surface area contributed by atoms with Crippen LogP contribution in [0.1, 0.15) is 15.9 Å². The predicted molar refractivity (Wildman–Crippen MR) is 112 cm³/mol. The van der Waals surface area contributed by atoms with Crippen LogP contribution in [0.5, 0.6) is 5.75 Å². The molecule has 4 rings (SSSR count). The van der Waals surface area contributed by atoms with E-state index < -0.39 is 5.63 Å². The van der Waals surface area contributed by atoms with E-state index in [-0.39, 0.29) is 5.91 Å². The van der Waals surface area contributed by atoms with Crippen LogP contribution in [0, 0.1) is 6.92 Å². The van der Waals surface area contributed by atoms with Gasteiger partial charge in [0.25, 0.3) is 5.91 Å². The molecule has 0 saturated carbocycles. The van der Waals surface area contributed by atoms with Gasteiger partial charge in [-0.3, -0.25) is 15.6 Å². The highest BCUT2D eigenvalue weighted by molar-refractivity contribution is 7.14. The summed E-state index contributed by atoms with van der Waals surface area (Å²) in [5, 5.41) is 2.90. The topological polar surface area (TPSA) is 93.5 Å². The average Bonchev–Trinajstić information content (AvgIpc) is 3.20. The van der Waals surface area contributed by atoms with Crippen molar-refractivity contribution in [1.29, 1.82) is 0 Å². The molecule has 146 valence electrons. The number of hydrazine groups is 1. The third-order valence-electron chi connectivity index (χ3n) is 4.32. The molecule has 2 heterocycles. The van der Waals surface area contributed by atoms with Crippen molar-refractivity contribution in [3.63, 3.8) is 0 Å². The molecule has 0 unspecified atom stereocenters. The van der Waals surface area contributed by atoms with Gasteiger partial charge < -0.3 is 9.15 Å².